The molecule has 0 aliphatic carbocycles. The molecule has 0 spiro atoms. The van der Waals surface area contributed by atoms with Crippen LogP contribution in [-0.2, 0) is 0 Å². The van der Waals surface area contributed by atoms with E-state index in [-0.39, 0.29) is 11.6 Å². The second kappa shape index (κ2) is 5.14. The lowest BCUT2D eigenvalue weighted by Crippen LogP contribution is -1.99. The molecule has 3 rings (SSSR count). The number of hydrogen-bond acceptors (Lipinski definition) is 5. The van der Waals surface area contributed by atoms with Gasteiger partial charge in [0.1, 0.15) is 5.75 Å². The molecule has 0 aliphatic rings. The van der Waals surface area contributed by atoms with Gasteiger partial charge in [0.15, 0.2) is 6.10 Å². The summed E-state index contributed by atoms with van der Waals surface area (Å²) in [4.78, 5) is 4.18. The van der Waals surface area contributed by atoms with Crippen LogP contribution in [0, 0.1) is 0 Å². The second-order valence-electron chi connectivity index (χ2n) is 4.32. The number of phenolic OH excluding ortho intramolecular Hbond substituents is 1. The van der Waals surface area contributed by atoms with E-state index in [0.717, 1.165) is 0 Å². The Bertz CT molecular complexity index is 693. The van der Waals surface area contributed by atoms with E-state index in [1.165, 1.54) is 0 Å². The van der Waals surface area contributed by atoms with Crippen molar-refractivity contribution < 1.29 is 14.7 Å². The van der Waals surface area contributed by atoms with Crippen molar-refractivity contribution in [3.63, 3.8) is 0 Å². The zero-order chi connectivity index (χ0) is 13.9. The van der Waals surface area contributed by atoms with E-state index >= 15 is 0 Å². The van der Waals surface area contributed by atoms with Crippen LogP contribution in [0.5, 0.6) is 5.75 Å². The van der Waals surface area contributed by atoms with Crippen molar-refractivity contribution >= 4 is 0 Å². The standard InChI is InChI=1S/C15H12N2O3/c18-12-8-6-11(7-9-12)14-16-15(20-17-14)13(19)10-4-2-1-3-5-10/h1-9,13,18-19H. The molecule has 0 amide bonds. The van der Waals surface area contributed by atoms with Crippen LogP contribution in [0.1, 0.15) is 17.6 Å². The Kier molecular flexibility index (Phi) is 3.18. The summed E-state index contributed by atoms with van der Waals surface area (Å²) in [7, 11) is 0. The van der Waals surface area contributed by atoms with E-state index in [1.807, 2.05) is 18.2 Å². The van der Waals surface area contributed by atoms with E-state index in [2.05, 4.69) is 10.1 Å². The molecule has 1 atom stereocenters. The van der Waals surface area contributed by atoms with Crippen molar-refractivity contribution in [3.05, 3.63) is 66.1 Å². The topological polar surface area (TPSA) is 79.4 Å². The molecule has 0 fully saturated rings. The fourth-order valence-corrected chi connectivity index (χ4v) is 1.85. The Morgan fingerprint density at radius 3 is 2.35 bits per heavy atom. The quantitative estimate of drug-likeness (QED) is 0.763. The van der Waals surface area contributed by atoms with Gasteiger partial charge >= 0.3 is 0 Å². The zero-order valence-electron chi connectivity index (χ0n) is 10.5. The molecule has 1 heterocycles. The number of hydrogen-bond donors (Lipinski definition) is 2. The SMILES string of the molecule is Oc1ccc(-c2noc(C(O)c3ccccc3)n2)cc1. The zero-order valence-corrected chi connectivity index (χ0v) is 10.5. The molecule has 100 valence electrons. The van der Waals surface area contributed by atoms with Gasteiger partial charge in [-0.1, -0.05) is 35.5 Å². The maximum atomic E-state index is 10.2. The van der Waals surface area contributed by atoms with E-state index in [9.17, 15) is 10.2 Å². The number of aliphatic hydroxyl groups excluding tert-OH is 1. The van der Waals surface area contributed by atoms with Gasteiger partial charge in [0, 0.05) is 5.56 Å². The van der Waals surface area contributed by atoms with Crippen LogP contribution < -0.4 is 0 Å². The van der Waals surface area contributed by atoms with Gasteiger partial charge in [0.2, 0.25) is 5.82 Å². The maximum absolute atomic E-state index is 10.2. The third kappa shape index (κ3) is 2.39. The van der Waals surface area contributed by atoms with Crippen molar-refractivity contribution in [1.82, 2.24) is 10.1 Å². The lowest BCUT2D eigenvalue weighted by molar-refractivity contribution is 0.170. The molecule has 2 aromatic carbocycles. The number of phenols is 1. The molecule has 5 nitrogen and oxygen atoms in total. The second-order valence-corrected chi connectivity index (χ2v) is 4.32. The number of nitrogens with zero attached hydrogens (tertiary/aromatic N) is 2. The highest BCUT2D eigenvalue weighted by atomic mass is 16.5. The van der Waals surface area contributed by atoms with Gasteiger partial charge in [-0.15, -0.1) is 0 Å². The minimum atomic E-state index is -0.949. The van der Waals surface area contributed by atoms with Crippen LogP contribution in [0.3, 0.4) is 0 Å². The summed E-state index contributed by atoms with van der Waals surface area (Å²) in [6.45, 7) is 0. The highest BCUT2D eigenvalue weighted by Gasteiger charge is 2.18. The summed E-state index contributed by atoms with van der Waals surface area (Å²) >= 11 is 0. The molecule has 3 aromatic rings. The van der Waals surface area contributed by atoms with Crippen molar-refractivity contribution in [2.75, 3.05) is 0 Å². The first-order valence-corrected chi connectivity index (χ1v) is 6.10. The van der Waals surface area contributed by atoms with E-state index in [1.54, 1.807) is 36.4 Å². The van der Waals surface area contributed by atoms with Gasteiger partial charge < -0.3 is 14.7 Å². The third-order valence-corrected chi connectivity index (χ3v) is 2.92. The van der Waals surface area contributed by atoms with Crippen molar-refractivity contribution in [2.45, 2.75) is 6.10 Å². The highest BCUT2D eigenvalue weighted by molar-refractivity contribution is 5.55. The van der Waals surface area contributed by atoms with E-state index in [4.69, 9.17) is 4.52 Å². The summed E-state index contributed by atoms with van der Waals surface area (Å²) in [5.41, 5.74) is 1.39. The molecule has 0 saturated carbocycles. The molecule has 1 unspecified atom stereocenters. The number of aliphatic hydroxyl groups is 1. The molecule has 0 saturated heterocycles. The van der Waals surface area contributed by atoms with Crippen molar-refractivity contribution in [3.8, 4) is 17.1 Å². The molecule has 20 heavy (non-hydrogen) atoms. The van der Waals surface area contributed by atoms with Crippen LogP contribution in [-0.4, -0.2) is 20.4 Å². The highest BCUT2D eigenvalue weighted by Crippen LogP contribution is 2.24. The number of rotatable bonds is 3. The Labute approximate surface area is 115 Å². The molecule has 0 aliphatic heterocycles. The van der Waals surface area contributed by atoms with Gasteiger partial charge in [-0.25, -0.2) is 0 Å². The number of aromatic nitrogens is 2. The molecular weight excluding hydrogens is 256 g/mol. The summed E-state index contributed by atoms with van der Waals surface area (Å²) in [6.07, 6.45) is -0.949. The predicted molar refractivity (Wildman–Crippen MR) is 71.9 cm³/mol. The fraction of sp³-hybridized carbons (Fsp3) is 0.0667. The minimum Gasteiger partial charge on any atom is -0.508 e. The number of aromatic hydroxyl groups is 1. The summed E-state index contributed by atoms with van der Waals surface area (Å²) in [5.74, 6) is 0.677. The fourth-order valence-electron chi connectivity index (χ4n) is 1.85. The van der Waals surface area contributed by atoms with Crippen LogP contribution in [0.2, 0.25) is 0 Å². The smallest absolute Gasteiger partial charge is 0.260 e. The molecule has 0 radical (unpaired) electrons. The Morgan fingerprint density at radius 1 is 0.950 bits per heavy atom. The Hall–Kier alpha value is -2.66. The minimum absolute atomic E-state index is 0.138. The summed E-state index contributed by atoms with van der Waals surface area (Å²) < 4.78 is 5.09. The van der Waals surface area contributed by atoms with E-state index in [0.29, 0.717) is 17.0 Å². The summed E-state index contributed by atoms with van der Waals surface area (Å²) in [6, 6.07) is 15.5. The lowest BCUT2D eigenvalue weighted by Gasteiger charge is -2.04. The maximum Gasteiger partial charge on any atom is 0.260 e. The lowest BCUT2D eigenvalue weighted by atomic mass is 10.1. The molecule has 0 bridgehead atoms. The monoisotopic (exact) mass is 268 g/mol. The largest absolute Gasteiger partial charge is 0.508 e. The Balaban J connectivity index is 1.89. The van der Waals surface area contributed by atoms with Crippen LogP contribution >= 0.6 is 0 Å². The van der Waals surface area contributed by atoms with Gasteiger partial charge in [-0.3, -0.25) is 0 Å². The first-order chi connectivity index (χ1) is 9.74. The summed E-state index contributed by atoms with van der Waals surface area (Å²) in [5, 5.41) is 23.2. The average molecular weight is 268 g/mol. The van der Waals surface area contributed by atoms with Gasteiger partial charge in [-0.05, 0) is 29.8 Å². The number of benzene rings is 2. The molecule has 1 aromatic heterocycles. The average Bonchev–Trinajstić information content (AvgIpc) is 2.98. The van der Waals surface area contributed by atoms with E-state index < -0.39 is 6.10 Å². The van der Waals surface area contributed by atoms with Gasteiger partial charge in [-0.2, -0.15) is 4.98 Å². The van der Waals surface area contributed by atoms with Gasteiger partial charge in [0.05, 0.1) is 0 Å². The van der Waals surface area contributed by atoms with Crippen LogP contribution in [0.4, 0.5) is 0 Å². The van der Waals surface area contributed by atoms with Gasteiger partial charge in [0.25, 0.3) is 5.89 Å². The van der Waals surface area contributed by atoms with Crippen LogP contribution in [0.25, 0.3) is 11.4 Å². The third-order valence-electron chi connectivity index (χ3n) is 2.92. The van der Waals surface area contributed by atoms with Crippen molar-refractivity contribution in [1.29, 1.82) is 0 Å². The predicted octanol–water partition coefficient (Wildman–Crippen LogP) is 2.52. The molecule has 2 N–H and O–H groups in total. The first-order valence-electron chi connectivity index (χ1n) is 6.10. The normalized spacial score (nSPS) is 12.2. The molecule has 5 heteroatoms. The van der Waals surface area contributed by atoms with Crippen LogP contribution in [0.15, 0.2) is 59.1 Å². The molecular formula is C15H12N2O3. The first kappa shape index (κ1) is 12.4. The van der Waals surface area contributed by atoms with Crippen molar-refractivity contribution in [2.24, 2.45) is 0 Å². The Morgan fingerprint density at radius 2 is 1.65 bits per heavy atom.